The molecule has 1 aromatic heterocycles. The number of para-hydroxylation sites is 1. The van der Waals surface area contributed by atoms with Crippen molar-refractivity contribution in [3.05, 3.63) is 46.8 Å². The Kier molecular flexibility index (Phi) is 4.88. The lowest BCUT2D eigenvalue weighted by Crippen LogP contribution is -2.44. The van der Waals surface area contributed by atoms with Gasteiger partial charge in [-0.15, -0.1) is 0 Å². The summed E-state index contributed by atoms with van der Waals surface area (Å²) in [5.41, 5.74) is 2.91. The smallest absolute Gasteiger partial charge is 0.344 e. The fraction of sp³-hybridized carbons (Fsp3) is 0.421. The number of carbonyl (C=O) groups excluding carboxylic acids is 2. The molecule has 1 amide bonds. The van der Waals surface area contributed by atoms with Crippen LogP contribution in [0.3, 0.4) is 0 Å². The van der Waals surface area contributed by atoms with Gasteiger partial charge in [0.2, 0.25) is 0 Å². The highest BCUT2D eigenvalue weighted by Gasteiger charge is 2.29. The first-order valence-electron chi connectivity index (χ1n) is 8.55. The molecular weight excluding hydrogens is 320 g/mol. The molecule has 0 saturated heterocycles. The number of anilines is 1. The van der Waals surface area contributed by atoms with Gasteiger partial charge in [0, 0.05) is 11.7 Å². The van der Waals surface area contributed by atoms with E-state index in [4.69, 9.17) is 9.26 Å². The van der Waals surface area contributed by atoms with Crippen LogP contribution >= 0.6 is 0 Å². The first-order chi connectivity index (χ1) is 12.0. The van der Waals surface area contributed by atoms with Gasteiger partial charge in [-0.25, -0.2) is 4.79 Å². The van der Waals surface area contributed by atoms with Gasteiger partial charge >= 0.3 is 5.97 Å². The molecule has 2 aromatic rings. The van der Waals surface area contributed by atoms with Crippen molar-refractivity contribution in [3.63, 3.8) is 0 Å². The number of aryl methyl sites for hydroxylation is 3. The van der Waals surface area contributed by atoms with Gasteiger partial charge in [0.1, 0.15) is 11.3 Å². The van der Waals surface area contributed by atoms with Crippen LogP contribution in [0.1, 0.15) is 47.6 Å². The summed E-state index contributed by atoms with van der Waals surface area (Å²) in [5.74, 6) is -0.381. The molecule has 25 heavy (non-hydrogen) atoms. The van der Waals surface area contributed by atoms with Crippen molar-refractivity contribution < 1.29 is 18.8 Å². The van der Waals surface area contributed by atoms with E-state index in [1.165, 1.54) is 0 Å². The minimum Gasteiger partial charge on any atom is -0.452 e. The van der Waals surface area contributed by atoms with Gasteiger partial charge in [-0.05, 0) is 44.7 Å². The first kappa shape index (κ1) is 17.2. The number of aromatic nitrogens is 1. The molecule has 0 saturated carbocycles. The molecule has 1 aliphatic heterocycles. The molecule has 1 aromatic carbocycles. The summed E-state index contributed by atoms with van der Waals surface area (Å²) in [6.45, 7) is 5.25. The van der Waals surface area contributed by atoms with Crippen LogP contribution < -0.4 is 4.90 Å². The summed E-state index contributed by atoms with van der Waals surface area (Å²) < 4.78 is 10.3. The van der Waals surface area contributed by atoms with Crippen LogP contribution in [0.15, 0.2) is 28.8 Å². The van der Waals surface area contributed by atoms with Crippen LogP contribution in [0, 0.1) is 6.92 Å². The number of hydrogen-bond donors (Lipinski definition) is 0. The topological polar surface area (TPSA) is 72.6 Å². The Labute approximate surface area is 146 Å². The van der Waals surface area contributed by atoms with E-state index in [0.717, 1.165) is 24.1 Å². The van der Waals surface area contributed by atoms with Gasteiger partial charge in [-0.3, -0.25) is 4.79 Å². The van der Waals surface area contributed by atoms with E-state index in [1.54, 1.807) is 11.8 Å². The van der Waals surface area contributed by atoms with E-state index < -0.39 is 5.97 Å². The standard InChI is InChI=1S/C19H22N2O4/c1-4-15-18(13(3)25-20-15)19(23)24-11-17(22)21-12(2)9-10-14-7-5-6-8-16(14)21/h5-8,12H,4,9-11H2,1-3H3. The van der Waals surface area contributed by atoms with Crippen molar-refractivity contribution in [2.75, 3.05) is 11.5 Å². The molecule has 0 bridgehead atoms. The molecule has 1 aliphatic rings. The van der Waals surface area contributed by atoms with E-state index in [0.29, 0.717) is 23.4 Å². The zero-order chi connectivity index (χ0) is 18.0. The molecule has 2 heterocycles. The third-order valence-corrected chi connectivity index (χ3v) is 4.59. The molecule has 1 atom stereocenters. The molecule has 0 aliphatic carbocycles. The highest BCUT2D eigenvalue weighted by atomic mass is 16.5. The van der Waals surface area contributed by atoms with Gasteiger partial charge in [0.15, 0.2) is 6.61 Å². The monoisotopic (exact) mass is 342 g/mol. The van der Waals surface area contributed by atoms with Gasteiger partial charge < -0.3 is 14.2 Å². The van der Waals surface area contributed by atoms with E-state index in [9.17, 15) is 9.59 Å². The normalized spacial score (nSPS) is 16.4. The SMILES string of the molecule is CCc1noc(C)c1C(=O)OCC(=O)N1c2ccccc2CCC1C. The second-order valence-corrected chi connectivity index (χ2v) is 6.27. The zero-order valence-corrected chi connectivity index (χ0v) is 14.7. The van der Waals surface area contributed by atoms with Crippen molar-refractivity contribution in [2.24, 2.45) is 0 Å². The summed E-state index contributed by atoms with van der Waals surface area (Å²) >= 11 is 0. The third-order valence-electron chi connectivity index (χ3n) is 4.59. The molecular formula is C19H22N2O4. The molecule has 0 spiro atoms. The maximum Gasteiger partial charge on any atom is 0.344 e. The van der Waals surface area contributed by atoms with Crippen molar-refractivity contribution >= 4 is 17.6 Å². The number of benzene rings is 1. The summed E-state index contributed by atoms with van der Waals surface area (Å²) in [6.07, 6.45) is 2.40. The fourth-order valence-corrected chi connectivity index (χ4v) is 3.26. The Balaban J connectivity index is 1.73. The van der Waals surface area contributed by atoms with E-state index >= 15 is 0 Å². The quantitative estimate of drug-likeness (QED) is 0.799. The van der Waals surface area contributed by atoms with Gasteiger partial charge in [-0.1, -0.05) is 30.3 Å². The second-order valence-electron chi connectivity index (χ2n) is 6.27. The zero-order valence-electron chi connectivity index (χ0n) is 14.7. The highest BCUT2D eigenvalue weighted by Crippen LogP contribution is 2.30. The Morgan fingerprint density at radius 1 is 1.36 bits per heavy atom. The molecule has 3 rings (SSSR count). The Morgan fingerprint density at radius 3 is 2.88 bits per heavy atom. The lowest BCUT2D eigenvalue weighted by atomic mass is 9.96. The van der Waals surface area contributed by atoms with Crippen molar-refractivity contribution in [2.45, 2.75) is 46.1 Å². The molecule has 0 radical (unpaired) electrons. The van der Waals surface area contributed by atoms with Crippen molar-refractivity contribution in [3.8, 4) is 0 Å². The number of ether oxygens (including phenoxy) is 1. The number of carbonyl (C=O) groups is 2. The fourth-order valence-electron chi connectivity index (χ4n) is 3.26. The maximum atomic E-state index is 12.7. The van der Waals surface area contributed by atoms with Crippen LogP contribution in [0.2, 0.25) is 0 Å². The average Bonchev–Trinajstić information content (AvgIpc) is 3.00. The second kappa shape index (κ2) is 7.09. The third kappa shape index (κ3) is 3.29. The lowest BCUT2D eigenvalue weighted by Gasteiger charge is -2.35. The van der Waals surface area contributed by atoms with Crippen LogP contribution in [-0.2, 0) is 22.4 Å². The summed E-state index contributed by atoms with van der Waals surface area (Å²) in [4.78, 5) is 26.8. The van der Waals surface area contributed by atoms with Crippen LogP contribution in [0.5, 0.6) is 0 Å². The Morgan fingerprint density at radius 2 is 2.12 bits per heavy atom. The van der Waals surface area contributed by atoms with Crippen LogP contribution in [-0.4, -0.2) is 29.7 Å². The number of rotatable bonds is 4. The Bertz CT molecular complexity index is 796. The van der Waals surface area contributed by atoms with Gasteiger partial charge in [-0.2, -0.15) is 0 Å². The molecule has 132 valence electrons. The van der Waals surface area contributed by atoms with Crippen LogP contribution in [0.25, 0.3) is 0 Å². The van der Waals surface area contributed by atoms with E-state index in [1.807, 2.05) is 38.1 Å². The summed E-state index contributed by atoms with van der Waals surface area (Å²) in [7, 11) is 0. The average molecular weight is 342 g/mol. The molecule has 6 nitrogen and oxygen atoms in total. The van der Waals surface area contributed by atoms with Crippen molar-refractivity contribution in [1.29, 1.82) is 0 Å². The predicted octanol–water partition coefficient (Wildman–Crippen LogP) is 3.07. The number of hydrogen-bond acceptors (Lipinski definition) is 5. The predicted molar refractivity (Wildman–Crippen MR) is 92.6 cm³/mol. The molecule has 6 heteroatoms. The number of amides is 1. The van der Waals surface area contributed by atoms with E-state index in [2.05, 4.69) is 5.16 Å². The maximum absolute atomic E-state index is 12.7. The highest BCUT2D eigenvalue weighted by molar-refractivity contribution is 5.98. The molecule has 0 fully saturated rings. The van der Waals surface area contributed by atoms with Gasteiger partial charge in [0.25, 0.3) is 5.91 Å². The Hall–Kier alpha value is -2.63. The minimum atomic E-state index is -0.568. The number of fused-ring (bicyclic) bond motifs is 1. The van der Waals surface area contributed by atoms with E-state index in [-0.39, 0.29) is 18.6 Å². The minimum absolute atomic E-state index is 0.0737. The van der Waals surface area contributed by atoms with Crippen molar-refractivity contribution in [1.82, 2.24) is 5.16 Å². The lowest BCUT2D eigenvalue weighted by molar-refractivity contribution is -0.122. The molecule has 0 N–H and O–H groups in total. The number of nitrogens with zero attached hydrogens (tertiary/aromatic N) is 2. The largest absolute Gasteiger partial charge is 0.452 e. The summed E-state index contributed by atoms with van der Waals surface area (Å²) in [5, 5.41) is 3.84. The van der Waals surface area contributed by atoms with Crippen LogP contribution in [0.4, 0.5) is 5.69 Å². The number of esters is 1. The first-order valence-corrected chi connectivity index (χ1v) is 8.55. The summed E-state index contributed by atoms with van der Waals surface area (Å²) in [6, 6.07) is 7.92. The molecule has 1 unspecified atom stereocenters. The van der Waals surface area contributed by atoms with Gasteiger partial charge in [0.05, 0.1) is 5.69 Å².